The van der Waals surface area contributed by atoms with Crippen LogP contribution in [0.5, 0.6) is 5.75 Å². The van der Waals surface area contributed by atoms with Crippen LogP contribution < -0.4 is 15.4 Å². The van der Waals surface area contributed by atoms with Gasteiger partial charge in [0.15, 0.2) is 0 Å². The fraction of sp³-hybridized carbons (Fsp3) is 0.273. The second-order valence-electron chi connectivity index (χ2n) is 3.65. The molecule has 1 unspecified atom stereocenters. The highest BCUT2D eigenvalue weighted by Crippen LogP contribution is 2.33. The third-order valence-corrected chi connectivity index (χ3v) is 2.55. The quantitative estimate of drug-likeness (QED) is 0.702. The molecule has 2 rings (SSSR count). The van der Waals surface area contributed by atoms with Gasteiger partial charge in [0.25, 0.3) is 0 Å². The van der Waals surface area contributed by atoms with Crippen LogP contribution in [0.4, 0.5) is 5.69 Å². The molecule has 1 heterocycles. The van der Waals surface area contributed by atoms with Crippen molar-refractivity contribution in [3.63, 3.8) is 0 Å². The number of hydrogen-bond donors (Lipinski definition) is 3. The SMILES string of the molecule is COc1ccc2c(c1)C(NCC(=O)O)C(=O)N2. The van der Waals surface area contributed by atoms with Gasteiger partial charge in [-0.05, 0) is 18.2 Å². The van der Waals surface area contributed by atoms with Crippen LogP contribution in [0.15, 0.2) is 18.2 Å². The minimum Gasteiger partial charge on any atom is -0.497 e. The Labute approximate surface area is 97.6 Å². The largest absolute Gasteiger partial charge is 0.497 e. The first-order valence-electron chi connectivity index (χ1n) is 5.06. The van der Waals surface area contributed by atoms with Crippen molar-refractivity contribution < 1.29 is 19.4 Å². The van der Waals surface area contributed by atoms with Crippen molar-refractivity contribution in [3.05, 3.63) is 23.8 Å². The molecule has 0 fully saturated rings. The summed E-state index contributed by atoms with van der Waals surface area (Å²) in [6.45, 7) is -0.269. The van der Waals surface area contributed by atoms with E-state index in [1.165, 1.54) is 7.11 Å². The third-order valence-electron chi connectivity index (χ3n) is 2.55. The van der Waals surface area contributed by atoms with Crippen LogP contribution in [0.1, 0.15) is 11.6 Å². The number of amides is 1. The van der Waals surface area contributed by atoms with Crippen molar-refractivity contribution in [1.82, 2.24) is 5.32 Å². The molecule has 0 saturated carbocycles. The van der Waals surface area contributed by atoms with E-state index in [-0.39, 0.29) is 12.5 Å². The average Bonchev–Trinajstić information content (AvgIpc) is 2.61. The van der Waals surface area contributed by atoms with Gasteiger partial charge in [-0.25, -0.2) is 0 Å². The Morgan fingerprint density at radius 1 is 1.59 bits per heavy atom. The van der Waals surface area contributed by atoms with Gasteiger partial charge in [-0.1, -0.05) is 0 Å². The number of aliphatic carboxylic acids is 1. The number of nitrogens with one attached hydrogen (secondary N) is 2. The number of carbonyl (C=O) groups excluding carboxylic acids is 1. The molecular weight excluding hydrogens is 224 g/mol. The van der Waals surface area contributed by atoms with E-state index in [2.05, 4.69) is 10.6 Å². The van der Waals surface area contributed by atoms with Crippen LogP contribution in [-0.2, 0) is 9.59 Å². The summed E-state index contributed by atoms with van der Waals surface area (Å²) in [4.78, 5) is 22.1. The molecule has 1 aromatic carbocycles. The second kappa shape index (κ2) is 4.42. The number of rotatable bonds is 4. The van der Waals surface area contributed by atoms with Crippen LogP contribution in [0.25, 0.3) is 0 Å². The highest BCUT2D eigenvalue weighted by Gasteiger charge is 2.30. The molecule has 0 spiro atoms. The lowest BCUT2D eigenvalue weighted by Gasteiger charge is -2.10. The number of benzene rings is 1. The zero-order valence-electron chi connectivity index (χ0n) is 9.19. The maximum absolute atomic E-state index is 11.6. The number of hydrogen-bond acceptors (Lipinski definition) is 4. The van der Waals surface area contributed by atoms with E-state index in [0.717, 1.165) is 0 Å². The number of carboxylic acids is 1. The van der Waals surface area contributed by atoms with Gasteiger partial charge in [0.05, 0.1) is 13.7 Å². The molecule has 1 aliphatic rings. The summed E-state index contributed by atoms with van der Waals surface area (Å²) in [7, 11) is 1.53. The van der Waals surface area contributed by atoms with Gasteiger partial charge in [0, 0.05) is 11.3 Å². The minimum atomic E-state index is -1.01. The number of methoxy groups -OCH3 is 1. The van der Waals surface area contributed by atoms with Gasteiger partial charge >= 0.3 is 5.97 Å². The molecular formula is C11H12N2O4. The zero-order chi connectivity index (χ0) is 12.4. The summed E-state index contributed by atoms with van der Waals surface area (Å²) in [5, 5.41) is 13.9. The first kappa shape index (κ1) is 11.4. The Bertz CT molecular complexity index is 473. The standard InChI is InChI=1S/C11H12N2O4/c1-17-6-2-3-8-7(4-6)10(11(16)13-8)12-5-9(14)15/h2-4,10,12H,5H2,1H3,(H,13,16)(H,14,15). The monoisotopic (exact) mass is 236 g/mol. The number of anilines is 1. The molecule has 1 aliphatic heterocycles. The number of carboxylic acid groups (broad SMARTS) is 1. The number of ether oxygens (including phenoxy) is 1. The Morgan fingerprint density at radius 2 is 2.35 bits per heavy atom. The lowest BCUT2D eigenvalue weighted by molar-refractivity contribution is -0.136. The summed E-state index contributed by atoms with van der Waals surface area (Å²) in [6.07, 6.45) is 0. The van der Waals surface area contributed by atoms with Crippen molar-refractivity contribution in [2.45, 2.75) is 6.04 Å². The van der Waals surface area contributed by atoms with Crippen molar-refractivity contribution in [1.29, 1.82) is 0 Å². The maximum atomic E-state index is 11.6. The fourth-order valence-electron chi connectivity index (χ4n) is 1.76. The van der Waals surface area contributed by atoms with Gasteiger partial charge in [-0.2, -0.15) is 0 Å². The normalized spacial score (nSPS) is 17.5. The molecule has 0 aromatic heterocycles. The highest BCUT2D eigenvalue weighted by atomic mass is 16.5. The minimum absolute atomic E-state index is 0.255. The molecule has 1 amide bonds. The average molecular weight is 236 g/mol. The van der Waals surface area contributed by atoms with Crippen molar-refractivity contribution in [3.8, 4) is 5.75 Å². The highest BCUT2D eigenvalue weighted by molar-refractivity contribution is 6.02. The molecule has 0 saturated heterocycles. The zero-order valence-corrected chi connectivity index (χ0v) is 9.19. The molecule has 6 heteroatoms. The van der Waals surface area contributed by atoms with Gasteiger partial charge in [-0.15, -0.1) is 0 Å². The molecule has 1 atom stereocenters. The predicted octanol–water partition coefficient (Wildman–Crippen LogP) is 0.363. The van der Waals surface area contributed by atoms with E-state index < -0.39 is 12.0 Å². The maximum Gasteiger partial charge on any atom is 0.317 e. The van der Waals surface area contributed by atoms with E-state index in [1.54, 1.807) is 18.2 Å². The lowest BCUT2D eigenvalue weighted by atomic mass is 10.1. The van der Waals surface area contributed by atoms with Gasteiger partial charge in [-0.3, -0.25) is 14.9 Å². The van der Waals surface area contributed by atoms with Crippen molar-refractivity contribution in [2.24, 2.45) is 0 Å². The Balaban J connectivity index is 2.25. The molecule has 90 valence electrons. The van der Waals surface area contributed by atoms with Crippen LogP contribution in [0, 0.1) is 0 Å². The molecule has 17 heavy (non-hydrogen) atoms. The van der Waals surface area contributed by atoms with E-state index in [4.69, 9.17) is 9.84 Å². The molecule has 0 aliphatic carbocycles. The summed E-state index contributed by atoms with van der Waals surface area (Å²) in [6, 6.07) is 4.54. The first-order valence-corrected chi connectivity index (χ1v) is 5.06. The second-order valence-corrected chi connectivity index (χ2v) is 3.65. The number of carbonyl (C=O) groups is 2. The third kappa shape index (κ3) is 2.21. The van der Waals surface area contributed by atoms with E-state index in [9.17, 15) is 9.59 Å². The fourth-order valence-corrected chi connectivity index (χ4v) is 1.76. The summed E-state index contributed by atoms with van der Waals surface area (Å²) >= 11 is 0. The first-order chi connectivity index (χ1) is 8.11. The molecule has 0 radical (unpaired) electrons. The van der Waals surface area contributed by atoms with Crippen molar-refractivity contribution >= 4 is 17.6 Å². The molecule has 1 aromatic rings. The van der Waals surface area contributed by atoms with Crippen LogP contribution in [0.3, 0.4) is 0 Å². The lowest BCUT2D eigenvalue weighted by Crippen LogP contribution is -2.31. The van der Waals surface area contributed by atoms with E-state index in [1.807, 2.05) is 0 Å². The smallest absolute Gasteiger partial charge is 0.317 e. The van der Waals surface area contributed by atoms with Gasteiger partial charge < -0.3 is 15.2 Å². The Hall–Kier alpha value is -2.08. The molecule has 0 bridgehead atoms. The van der Waals surface area contributed by atoms with E-state index in [0.29, 0.717) is 17.0 Å². The van der Waals surface area contributed by atoms with Crippen LogP contribution in [-0.4, -0.2) is 30.6 Å². The molecule has 3 N–H and O–H groups in total. The number of fused-ring (bicyclic) bond motifs is 1. The Kier molecular flexibility index (Phi) is 2.97. The van der Waals surface area contributed by atoms with E-state index >= 15 is 0 Å². The van der Waals surface area contributed by atoms with Gasteiger partial charge in [0.1, 0.15) is 11.8 Å². The van der Waals surface area contributed by atoms with Crippen molar-refractivity contribution in [2.75, 3.05) is 19.0 Å². The summed E-state index contributed by atoms with van der Waals surface area (Å²) < 4.78 is 5.07. The topological polar surface area (TPSA) is 87.7 Å². The predicted molar refractivity (Wildman–Crippen MR) is 60.0 cm³/mol. The molecule has 6 nitrogen and oxygen atoms in total. The van der Waals surface area contributed by atoms with Crippen LogP contribution >= 0.6 is 0 Å². The van der Waals surface area contributed by atoms with Crippen LogP contribution in [0.2, 0.25) is 0 Å². The summed E-state index contributed by atoms with van der Waals surface area (Å²) in [5.41, 5.74) is 1.38. The summed E-state index contributed by atoms with van der Waals surface area (Å²) in [5.74, 6) is -0.633. The Morgan fingerprint density at radius 3 is 3.00 bits per heavy atom. The van der Waals surface area contributed by atoms with Gasteiger partial charge in [0.2, 0.25) is 5.91 Å².